The molecule has 0 saturated carbocycles. The molecule has 2 aromatic carbocycles. The molecular weight excluding hydrogens is 415 g/mol. The van der Waals surface area contributed by atoms with Crippen molar-refractivity contribution in [1.82, 2.24) is 0 Å². The Bertz CT molecular complexity index is 1000. The maximum atomic E-state index is 12.8. The highest BCUT2D eigenvalue weighted by Crippen LogP contribution is 2.34. The van der Waals surface area contributed by atoms with Gasteiger partial charge in [0, 0.05) is 5.69 Å². The molecule has 0 bridgehead atoms. The van der Waals surface area contributed by atoms with Gasteiger partial charge in [-0.25, -0.2) is 9.69 Å². The Morgan fingerprint density at radius 3 is 2.55 bits per heavy atom. The minimum absolute atomic E-state index is 0.0897. The Labute approximate surface area is 178 Å². The van der Waals surface area contributed by atoms with Gasteiger partial charge >= 0.3 is 5.97 Å². The Hall–Kier alpha value is -2.83. The number of carbonyl (C=O) groups is 3. The second-order valence-electron chi connectivity index (χ2n) is 6.28. The second-order valence-corrected chi connectivity index (χ2v) is 7.07. The number of hydrogen-bond donors (Lipinski definition) is 1. The molecule has 0 aromatic heterocycles. The topological polar surface area (TPSA) is 75.7 Å². The van der Waals surface area contributed by atoms with Crippen LogP contribution in [0.25, 0.3) is 0 Å². The van der Waals surface area contributed by atoms with Crippen LogP contribution < -0.4 is 10.2 Å². The number of para-hydroxylation sites is 1. The lowest BCUT2D eigenvalue weighted by Crippen LogP contribution is -2.32. The minimum Gasteiger partial charge on any atom is -0.462 e. The van der Waals surface area contributed by atoms with E-state index in [1.165, 1.54) is 6.07 Å². The van der Waals surface area contributed by atoms with Gasteiger partial charge in [0.05, 0.1) is 22.9 Å². The van der Waals surface area contributed by atoms with Crippen molar-refractivity contribution in [2.45, 2.75) is 19.8 Å². The number of halogens is 2. The highest BCUT2D eigenvalue weighted by Gasteiger charge is 2.39. The van der Waals surface area contributed by atoms with Crippen LogP contribution in [-0.4, -0.2) is 24.4 Å². The van der Waals surface area contributed by atoms with Crippen molar-refractivity contribution < 1.29 is 19.1 Å². The van der Waals surface area contributed by atoms with Gasteiger partial charge in [-0.05, 0) is 36.8 Å². The molecule has 1 aliphatic rings. The molecule has 0 atom stereocenters. The number of benzene rings is 2. The zero-order valence-electron chi connectivity index (χ0n) is 15.6. The summed E-state index contributed by atoms with van der Waals surface area (Å²) in [6, 6.07) is 12.9. The van der Waals surface area contributed by atoms with Crippen LogP contribution in [-0.2, 0) is 14.3 Å². The summed E-state index contributed by atoms with van der Waals surface area (Å²) >= 11 is 12.2. The van der Waals surface area contributed by atoms with Crippen LogP contribution in [0.5, 0.6) is 0 Å². The van der Waals surface area contributed by atoms with Crippen molar-refractivity contribution in [1.29, 1.82) is 0 Å². The summed E-state index contributed by atoms with van der Waals surface area (Å²) in [5.41, 5.74) is 0.897. The first-order valence-electron chi connectivity index (χ1n) is 9.01. The van der Waals surface area contributed by atoms with E-state index in [2.05, 4.69) is 5.32 Å². The molecule has 1 N–H and O–H groups in total. The van der Waals surface area contributed by atoms with E-state index < -0.39 is 17.8 Å². The fraction of sp³-hybridized carbons (Fsp3) is 0.190. The number of unbranched alkanes of at least 4 members (excludes halogenated alkanes) is 1. The van der Waals surface area contributed by atoms with Crippen LogP contribution in [0.3, 0.4) is 0 Å². The second kappa shape index (κ2) is 9.11. The number of nitrogens with zero attached hydrogens (tertiary/aromatic N) is 1. The van der Waals surface area contributed by atoms with Gasteiger partial charge in [0.15, 0.2) is 0 Å². The third kappa shape index (κ3) is 4.44. The summed E-state index contributed by atoms with van der Waals surface area (Å²) in [6.07, 6.45) is 1.69. The van der Waals surface area contributed by atoms with E-state index in [9.17, 15) is 14.4 Å². The number of nitrogens with one attached hydrogen (secondary N) is 1. The summed E-state index contributed by atoms with van der Waals surface area (Å²) < 4.78 is 5.19. The fourth-order valence-corrected chi connectivity index (χ4v) is 3.16. The first-order valence-corrected chi connectivity index (χ1v) is 9.77. The van der Waals surface area contributed by atoms with Gasteiger partial charge in [-0.3, -0.25) is 9.59 Å². The molecule has 1 aliphatic heterocycles. The third-order valence-corrected chi connectivity index (χ3v) is 4.89. The minimum atomic E-state index is -0.678. The van der Waals surface area contributed by atoms with Crippen molar-refractivity contribution in [3.05, 3.63) is 69.8 Å². The van der Waals surface area contributed by atoms with Crippen LogP contribution >= 0.6 is 23.2 Å². The lowest BCUT2D eigenvalue weighted by Gasteiger charge is -2.16. The molecule has 8 heteroatoms. The Kier molecular flexibility index (Phi) is 6.56. The van der Waals surface area contributed by atoms with E-state index in [0.29, 0.717) is 17.9 Å². The smallest absolute Gasteiger partial charge is 0.338 e. The predicted octanol–water partition coefficient (Wildman–Crippen LogP) is 4.73. The van der Waals surface area contributed by atoms with Gasteiger partial charge in [0.2, 0.25) is 0 Å². The molecular formula is C21H18Cl2N2O4. The standard InChI is InChI=1S/C21H18Cl2N2O4/c1-2-3-11-29-21(28)13-7-6-8-14(12-13)24-18-17(23)19(26)25(20(18)27)16-10-5-4-9-15(16)22/h4-10,12,24H,2-3,11H2,1H3. The number of esters is 1. The average molecular weight is 433 g/mol. The van der Waals surface area contributed by atoms with E-state index in [-0.39, 0.29) is 21.4 Å². The van der Waals surface area contributed by atoms with Gasteiger partial charge in [-0.2, -0.15) is 0 Å². The largest absolute Gasteiger partial charge is 0.462 e. The number of hydrogen-bond acceptors (Lipinski definition) is 5. The normalized spacial score (nSPS) is 13.8. The summed E-state index contributed by atoms with van der Waals surface area (Å²) in [6.45, 7) is 2.34. The summed E-state index contributed by atoms with van der Waals surface area (Å²) in [7, 11) is 0. The molecule has 0 saturated heterocycles. The quantitative estimate of drug-likeness (QED) is 0.388. The number of rotatable bonds is 7. The zero-order valence-corrected chi connectivity index (χ0v) is 17.1. The molecule has 3 rings (SSSR count). The number of imide groups is 1. The van der Waals surface area contributed by atoms with Crippen LogP contribution in [0.1, 0.15) is 30.1 Å². The fourth-order valence-electron chi connectivity index (χ4n) is 2.72. The Morgan fingerprint density at radius 1 is 1.07 bits per heavy atom. The van der Waals surface area contributed by atoms with Crippen LogP contribution in [0.4, 0.5) is 11.4 Å². The molecule has 1 heterocycles. The zero-order chi connectivity index (χ0) is 21.0. The first kappa shape index (κ1) is 20.9. The SMILES string of the molecule is CCCCOC(=O)c1cccc(NC2=C(Cl)C(=O)N(c3ccccc3Cl)C2=O)c1. The van der Waals surface area contributed by atoms with Crippen molar-refractivity contribution in [3.63, 3.8) is 0 Å². The van der Waals surface area contributed by atoms with Gasteiger partial charge in [0.25, 0.3) is 11.8 Å². The van der Waals surface area contributed by atoms with Gasteiger partial charge < -0.3 is 10.1 Å². The van der Waals surface area contributed by atoms with E-state index in [4.69, 9.17) is 27.9 Å². The van der Waals surface area contributed by atoms with Crippen LogP contribution in [0, 0.1) is 0 Å². The number of carbonyl (C=O) groups excluding carboxylic acids is 3. The molecule has 6 nitrogen and oxygen atoms in total. The molecule has 2 amide bonds. The molecule has 0 radical (unpaired) electrons. The van der Waals surface area contributed by atoms with E-state index in [1.54, 1.807) is 42.5 Å². The Morgan fingerprint density at radius 2 is 1.83 bits per heavy atom. The average Bonchev–Trinajstić information content (AvgIpc) is 2.92. The molecule has 29 heavy (non-hydrogen) atoms. The van der Waals surface area contributed by atoms with Crippen LogP contribution in [0.2, 0.25) is 5.02 Å². The third-order valence-electron chi connectivity index (χ3n) is 4.22. The van der Waals surface area contributed by atoms with Crippen LogP contribution in [0.15, 0.2) is 59.3 Å². The summed E-state index contributed by atoms with van der Waals surface area (Å²) in [5, 5.41) is 2.83. The van der Waals surface area contributed by atoms with Crippen molar-refractivity contribution in [2.24, 2.45) is 0 Å². The van der Waals surface area contributed by atoms with Crippen molar-refractivity contribution >= 4 is 52.4 Å². The number of anilines is 2. The molecule has 0 unspecified atom stereocenters. The summed E-state index contributed by atoms with van der Waals surface area (Å²) in [4.78, 5) is 38.4. The maximum Gasteiger partial charge on any atom is 0.338 e. The molecule has 2 aromatic rings. The Balaban J connectivity index is 1.81. The highest BCUT2D eigenvalue weighted by atomic mass is 35.5. The molecule has 0 spiro atoms. The van der Waals surface area contributed by atoms with E-state index >= 15 is 0 Å². The summed E-state index contributed by atoms with van der Waals surface area (Å²) in [5.74, 6) is -1.78. The highest BCUT2D eigenvalue weighted by molar-refractivity contribution is 6.53. The number of ether oxygens (including phenoxy) is 1. The molecule has 0 fully saturated rings. The molecule has 0 aliphatic carbocycles. The monoisotopic (exact) mass is 432 g/mol. The maximum absolute atomic E-state index is 12.8. The van der Waals surface area contributed by atoms with E-state index in [0.717, 1.165) is 17.7 Å². The number of amides is 2. The van der Waals surface area contributed by atoms with E-state index in [1.807, 2.05) is 6.92 Å². The van der Waals surface area contributed by atoms with Crippen molar-refractivity contribution in [2.75, 3.05) is 16.8 Å². The van der Waals surface area contributed by atoms with Gasteiger partial charge in [-0.15, -0.1) is 0 Å². The lowest BCUT2D eigenvalue weighted by molar-refractivity contribution is -0.120. The van der Waals surface area contributed by atoms with Gasteiger partial charge in [-0.1, -0.05) is 54.7 Å². The lowest BCUT2D eigenvalue weighted by atomic mass is 10.2. The molecule has 150 valence electrons. The predicted molar refractivity (Wildman–Crippen MR) is 112 cm³/mol. The van der Waals surface area contributed by atoms with Gasteiger partial charge in [0.1, 0.15) is 10.7 Å². The first-order chi connectivity index (χ1) is 13.9. The van der Waals surface area contributed by atoms with Crippen molar-refractivity contribution in [3.8, 4) is 0 Å².